The Balaban J connectivity index is 2.32. The van der Waals surface area contributed by atoms with Crippen LogP contribution < -0.4 is 14.2 Å². The summed E-state index contributed by atoms with van der Waals surface area (Å²) in [6, 6.07) is 9.64. The first-order valence-corrected chi connectivity index (χ1v) is 6.96. The van der Waals surface area contributed by atoms with Crippen LogP contribution in [0, 0.1) is 0 Å². The van der Waals surface area contributed by atoms with Crippen LogP contribution in [-0.2, 0) is 0 Å². The van der Waals surface area contributed by atoms with Crippen LogP contribution in [0.4, 0.5) is 0 Å². The quantitative estimate of drug-likeness (QED) is 0.756. The Bertz CT molecular complexity index is 628. The van der Waals surface area contributed by atoms with Crippen molar-refractivity contribution in [2.75, 3.05) is 21.3 Å². The van der Waals surface area contributed by atoms with Gasteiger partial charge >= 0.3 is 0 Å². The Labute approximate surface area is 134 Å². The highest BCUT2D eigenvalue weighted by Crippen LogP contribution is 2.41. The van der Waals surface area contributed by atoms with E-state index in [-0.39, 0.29) is 17.2 Å². The van der Waals surface area contributed by atoms with E-state index in [2.05, 4.69) is 0 Å². The second-order valence-electron chi connectivity index (χ2n) is 4.94. The van der Waals surface area contributed by atoms with Crippen LogP contribution in [0.2, 0.25) is 0 Å². The van der Waals surface area contributed by atoms with Gasteiger partial charge in [-0.15, -0.1) is 0 Å². The number of aliphatic hydroxyl groups excluding tert-OH is 2. The Morgan fingerprint density at radius 1 is 0.739 bits per heavy atom. The first-order chi connectivity index (χ1) is 11.0. The molecule has 124 valence electrons. The number of hydrogen-bond acceptors (Lipinski definition) is 6. The van der Waals surface area contributed by atoms with E-state index in [4.69, 9.17) is 14.2 Å². The maximum absolute atomic E-state index is 10.4. The molecule has 0 saturated heterocycles. The Morgan fingerprint density at radius 3 is 1.65 bits per heavy atom. The molecule has 0 fully saturated rings. The van der Waals surface area contributed by atoms with Gasteiger partial charge in [0.15, 0.2) is 11.5 Å². The van der Waals surface area contributed by atoms with Gasteiger partial charge in [0, 0.05) is 0 Å². The number of aliphatic hydroxyl groups is 2. The van der Waals surface area contributed by atoms with Gasteiger partial charge in [-0.1, -0.05) is 12.1 Å². The topological polar surface area (TPSA) is 88.4 Å². The molecule has 0 aliphatic rings. The molecule has 2 aromatic carbocycles. The van der Waals surface area contributed by atoms with Gasteiger partial charge in [0.2, 0.25) is 5.75 Å². The molecule has 0 amide bonds. The van der Waals surface area contributed by atoms with Gasteiger partial charge in [-0.2, -0.15) is 0 Å². The average molecular weight is 320 g/mol. The summed E-state index contributed by atoms with van der Waals surface area (Å²) in [5, 5.41) is 30.7. The molecule has 0 aromatic heterocycles. The zero-order chi connectivity index (χ0) is 17.0. The van der Waals surface area contributed by atoms with Crippen LogP contribution in [-0.4, -0.2) is 36.6 Å². The fraction of sp³-hybridized carbons (Fsp3) is 0.294. The minimum Gasteiger partial charge on any atom is -0.502 e. The smallest absolute Gasteiger partial charge is 0.200 e. The van der Waals surface area contributed by atoms with Crippen molar-refractivity contribution in [3.05, 3.63) is 47.5 Å². The summed E-state index contributed by atoms with van der Waals surface area (Å²) in [7, 11) is 4.34. The van der Waals surface area contributed by atoms with E-state index in [0.29, 0.717) is 16.9 Å². The van der Waals surface area contributed by atoms with Crippen molar-refractivity contribution in [3.8, 4) is 23.0 Å². The Morgan fingerprint density at radius 2 is 1.22 bits per heavy atom. The molecule has 2 atom stereocenters. The normalized spacial score (nSPS) is 13.3. The largest absolute Gasteiger partial charge is 0.502 e. The van der Waals surface area contributed by atoms with Gasteiger partial charge in [-0.05, 0) is 35.4 Å². The van der Waals surface area contributed by atoms with E-state index < -0.39 is 12.2 Å². The van der Waals surface area contributed by atoms with Crippen LogP contribution in [0.15, 0.2) is 36.4 Å². The molecule has 6 nitrogen and oxygen atoms in total. The standard InChI is InChI=1S/C17H20O6/c1-21-12-6-4-10(5-7-12)15(18)16(19)11-8-13(22-2)17(20)14(9-11)23-3/h4-9,15-16,18-20H,1-3H3. The van der Waals surface area contributed by atoms with Gasteiger partial charge in [0.05, 0.1) is 21.3 Å². The molecular formula is C17H20O6. The van der Waals surface area contributed by atoms with Crippen LogP contribution >= 0.6 is 0 Å². The third-order valence-electron chi connectivity index (χ3n) is 3.60. The van der Waals surface area contributed by atoms with Crippen LogP contribution in [0.3, 0.4) is 0 Å². The van der Waals surface area contributed by atoms with Crippen molar-refractivity contribution < 1.29 is 29.5 Å². The van der Waals surface area contributed by atoms with Crippen LogP contribution in [0.5, 0.6) is 23.0 Å². The average Bonchev–Trinajstić information content (AvgIpc) is 2.60. The second kappa shape index (κ2) is 7.21. The van der Waals surface area contributed by atoms with Crippen LogP contribution in [0.1, 0.15) is 23.3 Å². The molecule has 0 radical (unpaired) electrons. The molecule has 23 heavy (non-hydrogen) atoms. The molecular weight excluding hydrogens is 300 g/mol. The van der Waals surface area contributed by atoms with Crippen LogP contribution in [0.25, 0.3) is 0 Å². The van der Waals surface area contributed by atoms with Crippen molar-refractivity contribution in [3.63, 3.8) is 0 Å². The maximum atomic E-state index is 10.4. The van der Waals surface area contributed by atoms with Crippen molar-refractivity contribution >= 4 is 0 Å². The van der Waals surface area contributed by atoms with E-state index >= 15 is 0 Å². The summed E-state index contributed by atoms with van der Waals surface area (Å²) < 4.78 is 15.2. The minimum atomic E-state index is -1.22. The molecule has 3 N–H and O–H groups in total. The van der Waals surface area contributed by atoms with Crippen molar-refractivity contribution in [2.24, 2.45) is 0 Å². The summed E-state index contributed by atoms with van der Waals surface area (Å²) in [6.45, 7) is 0. The number of hydrogen-bond donors (Lipinski definition) is 3. The lowest BCUT2D eigenvalue weighted by molar-refractivity contribution is 0.0169. The van der Waals surface area contributed by atoms with Crippen molar-refractivity contribution in [1.29, 1.82) is 0 Å². The lowest BCUT2D eigenvalue weighted by Gasteiger charge is -2.20. The van der Waals surface area contributed by atoms with Gasteiger partial charge < -0.3 is 29.5 Å². The van der Waals surface area contributed by atoms with Gasteiger partial charge in [-0.3, -0.25) is 0 Å². The molecule has 2 rings (SSSR count). The molecule has 0 saturated carbocycles. The molecule has 0 aliphatic heterocycles. The first-order valence-electron chi connectivity index (χ1n) is 6.96. The molecule has 0 heterocycles. The van der Waals surface area contributed by atoms with Gasteiger partial charge in [0.25, 0.3) is 0 Å². The monoisotopic (exact) mass is 320 g/mol. The summed E-state index contributed by atoms with van der Waals surface area (Å²) in [5.74, 6) is 0.800. The molecule has 0 bridgehead atoms. The maximum Gasteiger partial charge on any atom is 0.200 e. The minimum absolute atomic E-state index is 0.153. The Kier molecular flexibility index (Phi) is 5.31. The summed E-state index contributed by atoms with van der Waals surface area (Å²) in [6.07, 6.45) is -2.37. The highest BCUT2D eigenvalue weighted by atomic mass is 16.5. The van der Waals surface area contributed by atoms with E-state index in [0.717, 1.165) is 0 Å². The Hall–Kier alpha value is -2.44. The third-order valence-corrected chi connectivity index (χ3v) is 3.60. The predicted molar refractivity (Wildman–Crippen MR) is 84.1 cm³/mol. The van der Waals surface area contributed by atoms with E-state index in [9.17, 15) is 15.3 Å². The second-order valence-corrected chi connectivity index (χ2v) is 4.94. The fourth-order valence-corrected chi connectivity index (χ4v) is 2.25. The SMILES string of the molecule is COc1ccc(C(O)C(O)c2cc(OC)c(O)c(OC)c2)cc1. The van der Waals surface area contributed by atoms with Crippen molar-refractivity contribution in [1.82, 2.24) is 0 Å². The highest BCUT2D eigenvalue weighted by Gasteiger charge is 2.23. The lowest BCUT2D eigenvalue weighted by Crippen LogP contribution is -2.10. The zero-order valence-corrected chi connectivity index (χ0v) is 13.2. The number of phenolic OH excluding ortho intramolecular Hbond substituents is 1. The summed E-state index contributed by atoms with van der Waals surface area (Å²) in [5.41, 5.74) is 0.893. The number of aromatic hydroxyl groups is 1. The first kappa shape index (κ1) is 16.9. The number of ether oxygens (including phenoxy) is 3. The summed E-state index contributed by atoms with van der Waals surface area (Å²) >= 11 is 0. The number of rotatable bonds is 6. The molecule has 0 aliphatic carbocycles. The molecule has 0 spiro atoms. The van der Waals surface area contributed by atoms with E-state index in [1.807, 2.05) is 0 Å². The van der Waals surface area contributed by atoms with E-state index in [1.165, 1.54) is 26.4 Å². The fourth-order valence-electron chi connectivity index (χ4n) is 2.25. The number of methoxy groups -OCH3 is 3. The summed E-state index contributed by atoms with van der Waals surface area (Å²) in [4.78, 5) is 0. The van der Waals surface area contributed by atoms with Gasteiger partial charge in [0.1, 0.15) is 18.0 Å². The van der Waals surface area contributed by atoms with Gasteiger partial charge in [-0.25, -0.2) is 0 Å². The number of phenols is 1. The predicted octanol–water partition coefficient (Wildman–Crippen LogP) is 2.18. The van der Waals surface area contributed by atoms with Crippen molar-refractivity contribution in [2.45, 2.75) is 12.2 Å². The number of benzene rings is 2. The molecule has 2 unspecified atom stereocenters. The lowest BCUT2D eigenvalue weighted by atomic mass is 9.97. The zero-order valence-electron chi connectivity index (χ0n) is 13.2. The highest BCUT2D eigenvalue weighted by molar-refractivity contribution is 5.53. The third kappa shape index (κ3) is 3.49. The van der Waals surface area contributed by atoms with E-state index in [1.54, 1.807) is 31.4 Å². The molecule has 6 heteroatoms. The molecule has 2 aromatic rings.